The average molecular weight is 282 g/mol. The molecule has 0 unspecified atom stereocenters. The van der Waals surface area contributed by atoms with E-state index < -0.39 is 5.97 Å². The van der Waals surface area contributed by atoms with E-state index in [1.165, 1.54) is 7.11 Å². The van der Waals surface area contributed by atoms with Crippen LogP contribution in [0.5, 0.6) is 11.5 Å². The Labute approximate surface area is 102 Å². The molecule has 84 valence electrons. The average Bonchev–Trinajstić information content (AvgIpc) is 2.28. The van der Waals surface area contributed by atoms with Crippen LogP contribution in [0.2, 0.25) is 0 Å². The Morgan fingerprint density at radius 2 is 1.94 bits per heavy atom. The van der Waals surface area contributed by atoms with Crippen LogP contribution in [0.15, 0.2) is 22.6 Å². The molecule has 0 aliphatic carbocycles. The van der Waals surface area contributed by atoms with Gasteiger partial charge in [-0.3, -0.25) is 0 Å². The standard InChI is InChI=1S/C11H11AsO4/c1-15-9-4-3-7(6-10(9)16-2)5-8(12)11(13)14/h3-6H,1-2H3,(H,13,14)/b8-5-. The van der Waals surface area contributed by atoms with Crippen molar-refractivity contribution >= 4 is 28.9 Å². The summed E-state index contributed by atoms with van der Waals surface area (Å²) in [6.07, 6.45) is 1.55. The summed E-state index contributed by atoms with van der Waals surface area (Å²) in [7, 11) is 3.08. The van der Waals surface area contributed by atoms with Crippen molar-refractivity contribution in [3.8, 4) is 11.5 Å². The van der Waals surface area contributed by atoms with Gasteiger partial charge in [0.1, 0.15) is 0 Å². The molecular weight excluding hydrogens is 271 g/mol. The number of ether oxygens (including phenoxy) is 2. The first-order valence-electron chi connectivity index (χ1n) is 4.44. The fourth-order valence-corrected chi connectivity index (χ4v) is 1.47. The van der Waals surface area contributed by atoms with E-state index in [0.717, 1.165) is 5.56 Å². The summed E-state index contributed by atoms with van der Waals surface area (Å²) in [5.41, 5.74) is 0.746. The van der Waals surface area contributed by atoms with Crippen LogP contribution in [-0.2, 0) is 4.79 Å². The molecule has 5 heteroatoms. The molecule has 0 saturated heterocycles. The number of benzene rings is 1. The van der Waals surface area contributed by atoms with Gasteiger partial charge >= 0.3 is 102 Å². The molecule has 1 rings (SSSR count). The van der Waals surface area contributed by atoms with E-state index in [1.807, 2.05) is 16.9 Å². The summed E-state index contributed by atoms with van der Waals surface area (Å²) in [6, 6.07) is 5.21. The zero-order valence-electron chi connectivity index (χ0n) is 8.93. The maximum absolute atomic E-state index is 10.6. The van der Waals surface area contributed by atoms with E-state index >= 15 is 0 Å². The van der Waals surface area contributed by atoms with E-state index in [0.29, 0.717) is 11.5 Å². The van der Waals surface area contributed by atoms with Gasteiger partial charge in [0.15, 0.2) is 0 Å². The number of hydrogen-bond donors (Lipinski definition) is 1. The molecule has 1 aromatic rings. The summed E-state index contributed by atoms with van der Waals surface area (Å²) in [5, 5.41) is 8.73. The Hall–Kier alpha value is -1.41. The first kappa shape index (κ1) is 12.7. The molecule has 1 N–H and O–H groups in total. The third-order valence-electron chi connectivity index (χ3n) is 1.93. The van der Waals surface area contributed by atoms with Gasteiger partial charge in [0.25, 0.3) is 0 Å². The van der Waals surface area contributed by atoms with Crippen molar-refractivity contribution in [2.24, 2.45) is 0 Å². The van der Waals surface area contributed by atoms with Gasteiger partial charge in [-0.15, -0.1) is 0 Å². The topological polar surface area (TPSA) is 55.8 Å². The van der Waals surface area contributed by atoms with Gasteiger partial charge < -0.3 is 0 Å². The summed E-state index contributed by atoms with van der Waals surface area (Å²) in [4.78, 5) is 10.6. The van der Waals surface area contributed by atoms with Crippen molar-refractivity contribution in [2.45, 2.75) is 0 Å². The predicted octanol–water partition coefficient (Wildman–Crippen LogP) is 1.30. The molecule has 0 aliphatic heterocycles. The van der Waals surface area contributed by atoms with Crippen molar-refractivity contribution in [1.82, 2.24) is 0 Å². The first-order valence-corrected chi connectivity index (χ1v) is 5.38. The third kappa shape index (κ3) is 3.04. The molecule has 0 fully saturated rings. The second kappa shape index (κ2) is 5.61. The minimum atomic E-state index is -0.963. The van der Waals surface area contributed by atoms with Crippen LogP contribution in [0, 0.1) is 0 Å². The first-order chi connectivity index (χ1) is 7.58. The number of methoxy groups -OCH3 is 2. The molecule has 0 heterocycles. The van der Waals surface area contributed by atoms with Crippen molar-refractivity contribution in [3.63, 3.8) is 0 Å². The Morgan fingerprint density at radius 1 is 1.31 bits per heavy atom. The summed E-state index contributed by atoms with van der Waals surface area (Å²) in [5.74, 6) is 0.221. The number of aliphatic carboxylic acids is 1. The Balaban J connectivity index is 3.09. The predicted molar refractivity (Wildman–Crippen MR) is 60.9 cm³/mol. The van der Waals surface area contributed by atoms with Crippen LogP contribution in [0.25, 0.3) is 6.08 Å². The second-order valence-electron chi connectivity index (χ2n) is 2.95. The minimum absolute atomic E-state index is 0.208. The number of hydrogen-bond acceptors (Lipinski definition) is 3. The van der Waals surface area contributed by atoms with Gasteiger partial charge in [-0.2, -0.15) is 0 Å². The van der Waals surface area contributed by atoms with E-state index in [4.69, 9.17) is 14.6 Å². The summed E-state index contributed by atoms with van der Waals surface area (Å²) < 4.78 is 10.4. The molecule has 0 aromatic heterocycles. The summed E-state index contributed by atoms with van der Waals surface area (Å²) in [6.45, 7) is 0. The maximum atomic E-state index is 10.6. The molecule has 0 atom stereocenters. The van der Waals surface area contributed by atoms with Crippen LogP contribution in [0.1, 0.15) is 5.56 Å². The van der Waals surface area contributed by atoms with E-state index in [2.05, 4.69) is 0 Å². The Morgan fingerprint density at radius 3 is 2.44 bits per heavy atom. The van der Waals surface area contributed by atoms with E-state index in [-0.39, 0.29) is 4.36 Å². The fourth-order valence-electron chi connectivity index (χ4n) is 1.16. The normalized spacial score (nSPS) is 11.1. The van der Waals surface area contributed by atoms with Gasteiger partial charge in [0, 0.05) is 0 Å². The number of carboxylic acid groups (broad SMARTS) is 1. The molecule has 1 aromatic carbocycles. The zero-order chi connectivity index (χ0) is 12.1. The van der Waals surface area contributed by atoms with Crippen LogP contribution in [0.3, 0.4) is 0 Å². The molecule has 0 bridgehead atoms. The molecule has 0 spiro atoms. The quantitative estimate of drug-likeness (QED) is 0.668. The number of carbonyl (C=O) groups is 1. The number of rotatable bonds is 4. The molecule has 0 saturated carbocycles. The van der Waals surface area contributed by atoms with Crippen LogP contribution < -0.4 is 9.47 Å². The van der Waals surface area contributed by atoms with Gasteiger partial charge in [-0.05, 0) is 0 Å². The zero-order valence-corrected chi connectivity index (χ0v) is 10.8. The number of carboxylic acids is 1. The second-order valence-corrected chi connectivity index (χ2v) is 3.96. The van der Waals surface area contributed by atoms with Crippen LogP contribution in [-0.4, -0.2) is 42.1 Å². The Bertz CT molecular complexity index is 426. The van der Waals surface area contributed by atoms with Crippen LogP contribution >= 0.6 is 0 Å². The summed E-state index contributed by atoms with van der Waals surface area (Å²) >= 11 is 2.01. The van der Waals surface area contributed by atoms with Crippen molar-refractivity contribution in [2.75, 3.05) is 14.2 Å². The van der Waals surface area contributed by atoms with E-state index in [9.17, 15) is 4.79 Å². The SMILES string of the molecule is COc1ccc(/C=C(\[As])C(=O)O)cc1OC. The van der Waals surface area contributed by atoms with Gasteiger partial charge in [-0.1, -0.05) is 0 Å². The molecule has 2 radical (unpaired) electrons. The van der Waals surface area contributed by atoms with E-state index in [1.54, 1.807) is 31.4 Å². The monoisotopic (exact) mass is 282 g/mol. The molecule has 0 amide bonds. The fraction of sp³-hybridized carbons (Fsp3) is 0.182. The van der Waals surface area contributed by atoms with Crippen molar-refractivity contribution in [3.05, 3.63) is 28.1 Å². The third-order valence-corrected chi connectivity index (χ3v) is 2.60. The van der Waals surface area contributed by atoms with Gasteiger partial charge in [0.2, 0.25) is 0 Å². The van der Waals surface area contributed by atoms with Crippen molar-refractivity contribution < 1.29 is 19.4 Å². The van der Waals surface area contributed by atoms with Gasteiger partial charge in [-0.25, -0.2) is 0 Å². The molecule has 4 nitrogen and oxygen atoms in total. The van der Waals surface area contributed by atoms with Crippen molar-refractivity contribution in [1.29, 1.82) is 0 Å². The molecule has 16 heavy (non-hydrogen) atoms. The van der Waals surface area contributed by atoms with Crippen LogP contribution in [0.4, 0.5) is 0 Å². The Kier molecular flexibility index (Phi) is 4.44. The molecule has 0 aliphatic rings. The molecular formula is C11H11AsO4. The van der Waals surface area contributed by atoms with Gasteiger partial charge in [0.05, 0.1) is 0 Å².